The summed E-state index contributed by atoms with van der Waals surface area (Å²) in [5.74, 6) is 0.617. The van der Waals surface area contributed by atoms with Gasteiger partial charge in [-0.15, -0.1) is 11.8 Å². The van der Waals surface area contributed by atoms with Crippen molar-refractivity contribution in [3.8, 4) is 6.07 Å². The number of hydrogen-bond donors (Lipinski definition) is 1. The number of benzene rings is 2. The Kier molecular flexibility index (Phi) is 6.27. The number of hydrogen-bond acceptors (Lipinski definition) is 4. The molecule has 1 unspecified atom stereocenters. The Labute approximate surface area is 171 Å². The number of carbonyl (C=O) groups excluding carboxylic acids is 2. The first-order valence-corrected chi connectivity index (χ1v) is 10.0. The molecular formula is C19H15Cl2N3O2S. The van der Waals surface area contributed by atoms with Gasteiger partial charge in [0, 0.05) is 11.4 Å². The molecule has 1 saturated heterocycles. The van der Waals surface area contributed by atoms with Crippen LogP contribution in [0.25, 0.3) is 0 Å². The summed E-state index contributed by atoms with van der Waals surface area (Å²) in [6.07, 6.45) is 0.151. The summed E-state index contributed by atoms with van der Waals surface area (Å²) >= 11 is 13.4. The zero-order chi connectivity index (χ0) is 19.4. The lowest BCUT2D eigenvalue weighted by Gasteiger charge is -2.23. The van der Waals surface area contributed by atoms with E-state index in [9.17, 15) is 9.59 Å². The third-order valence-electron chi connectivity index (χ3n) is 4.13. The summed E-state index contributed by atoms with van der Waals surface area (Å²) in [6, 6.07) is 13.2. The van der Waals surface area contributed by atoms with Gasteiger partial charge >= 0.3 is 0 Å². The van der Waals surface area contributed by atoms with Crippen molar-refractivity contribution < 1.29 is 9.59 Å². The van der Waals surface area contributed by atoms with E-state index in [0.29, 0.717) is 32.9 Å². The van der Waals surface area contributed by atoms with Crippen molar-refractivity contribution in [2.24, 2.45) is 0 Å². The van der Waals surface area contributed by atoms with E-state index in [0.717, 1.165) is 5.56 Å². The van der Waals surface area contributed by atoms with Crippen molar-refractivity contribution in [3.05, 3.63) is 63.6 Å². The van der Waals surface area contributed by atoms with Gasteiger partial charge in [0.25, 0.3) is 0 Å². The predicted octanol–water partition coefficient (Wildman–Crippen LogP) is 3.95. The van der Waals surface area contributed by atoms with Gasteiger partial charge in [0.2, 0.25) is 11.8 Å². The summed E-state index contributed by atoms with van der Waals surface area (Å²) in [7, 11) is 0. The SMILES string of the molecule is N#Cc1ccc(NC(=O)C2CSCN2C(=O)Cc2ccc(Cl)c(Cl)c2)cc1. The molecule has 2 aromatic carbocycles. The van der Waals surface area contributed by atoms with E-state index in [-0.39, 0.29) is 18.2 Å². The summed E-state index contributed by atoms with van der Waals surface area (Å²) < 4.78 is 0. The van der Waals surface area contributed by atoms with Gasteiger partial charge in [0.15, 0.2) is 0 Å². The van der Waals surface area contributed by atoms with Crippen LogP contribution in [-0.2, 0) is 16.0 Å². The molecule has 5 nitrogen and oxygen atoms in total. The fraction of sp³-hybridized carbons (Fsp3) is 0.211. The van der Waals surface area contributed by atoms with Gasteiger partial charge in [0.05, 0.1) is 34.0 Å². The zero-order valence-electron chi connectivity index (χ0n) is 14.1. The Hall–Kier alpha value is -2.20. The van der Waals surface area contributed by atoms with Crippen LogP contribution >= 0.6 is 35.0 Å². The molecule has 2 aromatic rings. The van der Waals surface area contributed by atoms with Crippen molar-refractivity contribution in [1.82, 2.24) is 4.90 Å². The third kappa shape index (κ3) is 4.75. The van der Waals surface area contributed by atoms with Crippen LogP contribution in [-0.4, -0.2) is 34.4 Å². The molecular weight excluding hydrogens is 405 g/mol. The molecule has 0 bridgehead atoms. The number of halogens is 2. The lowest BCUT2D eigenvalue weighted by molar-refractivity contribution is -0.135. The molecule has 0 spiro atoms. The third-order valence-corrected chi connectivity index (χ3v) is 5.88. The largest absolute Gasteiger partial charge is 0.324 e. The molecule has 0 aliphatic carbocycles. The summed E-state index contributed by atoms with van der Waals surface area (Å²) in [4.78, 5) is 26.9. The molecule has 0 saturated carbocycles. The Morgan fingerprint density at radius 2 is 1.93 bits per heavy atom. The maximum absolute atomic E-state index is 12.7. The van der Waals surface area contributed by atoms with E-state index in [1.165, 1.54) is 11.8 Å². The summed E-state index contributed by atoms with van der Waals surface area (Å²) in [5, 5.41) is 12.5. The number of thioether (sulfide) groups is 1. The molecule has 27 heavy (non-hydrogen) atoms. The Bertz CT molecular complexity index is 912. The highest BCUT2D eigenvalue weighted by atomic mass is 35.5. The quantitative estimate of drug-likeness (QED) is 0.813. The number of carbonyl (C=O) groups is 2. The van der Waals surface area contributed by atoms with Gasteiger partial charge in [-0.3, -0.25) is 9.59 Å². The second kappa shape index (κ2) is 8.66. The van der Waals surface area contributed by atoms with Crippen molar-refractivity contribution >= 4 is 52.5 Å². The number of nitrogens with zero attached hydrogens (tertiary/aromatic N) is 2. The highest BCUT2D eigenvalue weighted by Crippen LogP contribution is 2.26. The first kappa shape index (κ1) is 19.6. The first-order chi connectivity index (χ1) is 13.0. The Balaban J connectivity index is 1.66. The van der Waals surface area contributed by atoms with Gasteiger partial charge < -0.3 is 10.2 Å². The van der Waals surface area contributed by atoms with Crippen LogP contribution in [0.3, 0.4) is 0 Å². The second-order valence-electron chi connectivity index (χ2n) is 5.98. The monoisotopic (exact) mass is 419 g/mol. The minimum Gasteiger partial charge on any atom is -0.324 e. The van der Waals surface area contributed by atoms with E-state index in [1.807, 2.05) is 6.07 Å². The van der Waals surface area contributed by atoms with Crippen molar-refractivity contribution in [2.45, 2.75) is 12.5 Å². The van der Waals surface area contributed by atoms with Gasteiger partial charge in [-0.1, -0.05) is 29.3 Å². The number of nitriles is 1. The Morgan fingerprint density at radius 3 is 2.59 bits per heavy atom. The molecule has 2 amide bonds. The van der Waals surface area contributed by atoms with Gasteiger partial charge in [-0.25, -0.2) is 0 Å². The fourth-order valence-corrected chi connectivity index (χ4v) is 4.19. The van der Waals surface area contributed by atoms with Crippen LogP contribution in [0.4, 0.5) is 5.69 Å². The molecule has 1 atom stereocenters. The normalized spacial score (nSPS) is 16.0. The van der Waals surface area contributed by atoms with E-state index < -0.39 is 6.04 Å². The predicted molar refractivity (Wildman–Crippen MR) is 108 cm³/mol. The molecule has 138 valence electrons. The van der Waals surface area contributed by atoms with Crippen LogP contribution in [0.15, 0.2) is 42.5 Å². The number of rotatable bonds is 4. The maximum atomic E-state index is 12.7. The second-order valence-corrected chi connectivity index (χ2v) is 7.80. The zero-order valence-corrected chi connectivity index (χ0v) is 16.4. The van der Waals surface area contributed by atoms with Crippen LogP contribution < -0.4 is 5.32 Å². The van der Waals surface area contributed by atoms with Gasteiger partial charge in [-0.2, -0.15) is 5.26 Å². The standard InChI is InChI=1S/C19H15Cl2N3O2S/c20-15-6-3-13(7-16(15)21)8-18(25)24-11-27-10-17(24)19(26)23-14-4-1-12(9-22)2-5-14/h1-7,17H,8,10-11H2,(H,23,26). The van der Waals surface area contributed by atoms with Crippen LogP contribution in [0.5, 0.6) is 0 Å². The van der Waals surface area contributed by atoms with E-state index in [1.54, 1.807) is 47.4 Å². The van der Waals surface area contributed by atoms with E-state index >= 15 is 0 Å². The molecule has 0 aromatic heterocycles. The highest BCUT2D eigenvalue weighted by molar-refractivity contribution is 7.99. The van der Waals surface area contributed by atoms with E-state index in [4.69, 9.17) is 28.5 Å². The van der Waals surface area contributed by atoms with Crippen molar-refractivity contribution in [2.75, 3.05) is 16.9 Å². The molecule has 1 fully saturated rings. The first-order valence-electron chi connectivity index (χ1n) is 8.10. The molecule has 1 aliphatic rings. The molecule has 1 aliphatic heterocycles. The highest BCUT2D eigenvalue weighted by Gasteiger charge is 2.34. The van der Waals surface area contributed by atoms with Gasteiger partial charge in [0.1, 0.15) is 6.04 Å². The average Bonchev–Trinajstić information content (AvgIpc) is 3.15. The number of amides is 2. The lowest BCUT2D eigenvalue weighted by atomic mass is 10.1. The molecule has 3 rings (SSSR count). The lowest BCUT2D eigenvalue weighted by Crippen LogP contribution is -2.45. The van der Waals surface area contributed by atoms with Crippen LogP contribution in [0.2, 0.25) is 10.0 Å². The smallest absolute Gasteiger partial charge is 0.248 e. The van der Waals surface area contributed by atoms with Crippen LogP contribution in [0, 0.1) is 11.3 Å². The summed E-state index contributed by atoms with van der Waals surface area (Å²) in [6.45, 7) is 0. The number of nitrogens with one attached hydrogen (secondary N) is 1. The van der Waals surface area contributed by atoms with Crippen molar-refractivity contribution in [3.63, 3.8) is 0 Å². The molecule has 0 radical (unpaired) electrons. The summed E-state index contributed by atoms with van der Waals surface area (Å²) in [5.41, 5.74) is 1.85. The Morgan fingerprint density at radius 1 is 1.19 bits per heavy atom. The molecule has 1 N–H and O–H groups in total. The minimum absolute atomic E-state index is 0.140. The maximum Gasteiger partial charge on any atom is 0.248 e. The molecule has 1 heterocycles. The number of anilines is 1. The molecule has 8 heteroatoms. The average molecular weight is 420 g/mol. The van der Waals surface area contributed by atoms with E-state index in [2.05, 4.69) is 5.32 Å². The van der Waals surface area contributed by atoms with Crippen molar-refractivity contribution in [1.29, 1.82) is 5.26 Å². The van der Waals surface area contributed by atoms with Crippen LogP contribution in [0.1, 0.15) is 11.1 Å². The fourth-order valence-electron chi connectivity index (χ4n) is 2.69. The van der Waals surface area contributed by atoms with Gasteiger partial charge in [-0.05, 0) is 42.0 Å². The topological polar surface area (TPSA) is 73.2 Å². The minimum atomic E-state index is -0.541.